The minimum atomic E-state index is -3.06. The van der Waals surface area contributed by atoms with Crippen molar-refractivity contribution in [1.29, 1.82) is 0 Å². The molecule has 1 unspecified atom stereocenters. The van der Waals surface area contributed by atoms with Gasteiger partial charge in [-0.3, -0.25) is 14.4 Å². The van der Waals surface area contributed by atoms with Crippen LogP contribution in [0.2, 0.25) is 0 Å². The average molecular weight is 355 g/mol. The van der Waals surface area contributed by atoms with Gasteiger partial charge in [0.1, 0.15) is 11.8 Å². The molecular formula is C16H19F2N3O4. The predicted octanol–water partition coefficient (Wildman–Crippen LogP) is 0.755. The summed E-state index contributed by atoms with van der Waals surface area (Å²) in [4.78, 5) is 37.5. The maximum atomic E-state index is 12.7. The number of carbonyl (C=O) groups excluding carboxylic acids is 3. The van der Waals surface area contributed by atoms with Gasteiger partial charge in [0, 0.05) is 13.6 Å². The summed E-state index contributed by atoms with van der Waals surface area (Å²) in [7, 11) is 1.44. The van der Waals surface area contributed by atoms with E-state index in [-0.39, 0.29) is 23.8 Å². The van der Waals surface area contributed by atoms with Crippen LogP contribution in [0.4, 0.5) is 8.78 Å². The summed E-state index contributed by atoms with van der Waals surface area (Å²) in [5.74, 6) is -1.62. The van der Waals surface area contributed by atoms with Gasteiger partial charge in [0.05, 0.1) is 12.1 Å². The van der Waals surface area contributed by atoms with E-state index in [2.05, 4.69) is 15.4 Å². The molecule has 1 aliphatic rings. The number of amides is 3. The number of rotatable bonds is 6. The van der Waals surface area contributed by atoms with Gasteiger partial charge in [0.15, 0.2) is 0 Å². The Hall–Kier alpha value is -2.71. The number of benzene rings is 1. The van der Waals surface area contributed by atoms with Crippen molar-refractivity contribution in [3.8, 4) is 5.75 Å². The smallest absolute Gasteiger partial charge is 0.387 e. The third-order valence-electron chi connectivity index (χ3n) is 3.85. The van der Waals surface area contributed by atoms with Gasteiger partial charge in [-0.1, -0.05) is 12.1 Å². The van der Waals surface area contributed by atoms with Crippen LogP contribution in [-0.4, -0.2) is 55.4 Å². The zero-order valence-electron chi connectivity index (χ0n) is 13.6. The molecule has 0 spiro atoms. The van der Waals surface area contributed by atoms with Crippen LogP contribution in [0.3, 0.4) is 0 Å². The first kappa shape index (κ1) is 18.6. The molecule has 1 heterocycles. The van der Waals surface area contributed by atoms with Crippen LogP contribution in [0.1, 0.15) is 23.2 Å². The molecule has 9 heteroatoms. The Morgan fingerprint density at radius 1 is 1.32 bits per heavy atom. The average Bonchev–Trinajstić information content (AvgIpc) is 3.08. The second kappa shape index (κ2) is 8.41. The lowest BCUT2D eigenvalue weighted by Crippen LogP contribution is -2.48. The van der Waals surface area contributed by atoms with Crippen molar-refractivity contribution in [2.75, 3.05) is 20.1 Å². The highest BCUT2D eigenvalue weighted by Gasteiger charge is 2.35. The SMILES string of the molecule is CNC(=O)CNC(=O)C1CCCN1C(=O)c1ccccc1OC(F)F. The Morgan fingerprint density at radius 3 is 2.72 bits per heavy atom. The highest BCUT2D eigenvalue weighted by atomic mass is 19.3. The number of alkyl halides is 2. The zero-order valence-corrected chi connectivity index (χ0v) is 13.6. The highest BCUT2D eigenvalue weighted by Crippen LogP contribution is 2.26. The van der Waals surface area contributed by atoms with Gasteiger partial charge < -0.3 is 20.3 Å². The third-order valence-corrected chi connectivity index (χ3v) is 3.85. The number of carbonyl (C=O) groups is 3. The molecule has 0 bridgehead atoms. The highest BCUT2D eigenvalue weighted by molar-refractivity contribution is 6.00. The maximum Gasteiger partial charge on any atom is 0.387 e. The molecule has 136 valence electrons. The molecule has 1 aliphatic heterocycles. The van der Waals surface area contributed by atoms with E-state index in [0.29, 0.717) is 19.4 Å². The van der Waals surface area contributed by atoms with E-state index in [1.54, 1.807) is 0 Å². The van der Waals surface area contributed by atoms with Crippen molar-refractivity contribution < 1.29 is 27.9 Å². The molecule has 1 fully saturated rings. The molecule has 25 heavy (non-hydrogen) atoms. The van der Waals surface area contributed by atoms with Gasteiger partial charge >= 0.3 is 6.61 Å². The van der Waals surface area contributed by atoms with Gasteiger partial charge in [-0.05, 0) is 25.0 Å². The minimum absolute atomic E-state index is 0.0335. The summed E-state index contributed by atoms with van der Waals surface area (Å²) >= 11 is 0. The molecule has 0 aromatic heterocycles. The van der Waals surface area contributed by atoms with Crippen LogP contribution in [-0.2, 0) is 9.59 Å². The second-order valence-electron chi connectivity index (χ2n) is 5.42. The van der Waals surface area contributed by atoms with E-state index in [1.807, 2.05) is 0 Å². The molecule has 7 nitrogen and oxygen atoms in total. The minimum Gasteiger partial charge on any atom is -0.434 e. The molecule has 1 aromatic rings. The summed E-state index contributed by atoms with van der Waals surface area (Å²) in [5.41, 5.74) is -0.0335. The Kier molecular flexibility index (Phi) is 6.26. The lowest BCUT2D eigenvalue weighted by molar-refractivity contribution is -0.128. The monoisotopic (exact) mass is 355 g/mol. The number of likely N-dealkylation sites (N-methyl/N-ethyl adjacent to an activating group) is 1. The zero-order chi connectivity index (χ0) is 18.4. The topological polar surface area (TPSA) is 87.7 Å². The molecule has 2 rings (SSSR count). The van der Waals surface area contributed by atoms with Gasteiger partial charge in [-0.2, -0.15) is 8.78 Å². The first-order valence-electron chi connectivity index (χ1n) is 7.77. The van der Waals surface area contributed by atoms with Gasteiger partial charge in [-0.15, -0.1) is 0 Å². The molecule has 0 aliphatic carbocycles. The van der Waals surface area contributed by atoms with Crippen molar-refractivity contribution in [3.63, 3.8) is 0 Å². The molecule has 0 radical (unpaired) electrons. The van der Waals surface area contributed by atoms with Crippen molar-refractivity contribution in [2.45, 2.75) is 25.5 Å². The molecule has 1 atom stereocenters. The molecule has 1 saturated heterocycles. The first-order valence-corrected chi connectivity index (χ1v) is 7.77. The standard InChI is InChI=1S/C16H19F2N3O4/c1-19-13(22)9-20-14(23)11-6-4-8-21(11)15(24)10-5-2-3-7-12(10)25-16(17)18/h2-3,5,7,11,16H,4,6,8-9H2,1H3,(H,19,22)(H,20,23). The van der Waals surface area contributed by atoms with Crippen molar-refractivity contribution >= 4 is 17.7 Å². The van der Waals surface area contributed by atoms with E-state index < -0.39 is 24.5 Å². The van der Waals surface area contributed by atoms with E-state index in [4.69, 9.17) is 0 Å². The number of halogens is 2. The number of hydrogen-bond acceptors (Lipinski definition) is 4. The predicted molar refractivity (Wildman–Crippen MR) is 84.2 cm³/mol. The molecule has 0 saturated carbocycles. The normalized spacial score (nSPS) is 16.6. The second-order valence-corrected chi connectivity index (χ2v) is 5.42. The summed E-state index contributed by atoms with van der Waals surface area (Å²) in [6.07, 6.45) is 1.03. The lowest BCUT2D eigenvalue weighted by atomic mass is 10.1. The number of likely N-dealkylation sites (tertiary alicyclic amines) is 1. The fourth-order valence-corrected chi connectivity index (χ4v) is 2.65. The third kappa shape index (κ3) is 4.65. The van der Waals surface area contributed by atoms with Gasteiger partial charge in [0.25, 0.3) is 5.91 Å². The van der Waals surface area contributed by atoms with E-state index in [1.165, 1.54) is 36.2 Å². The fourth-order valence-electron chi connectivity index (χ4n) is 2.65. The van der Waals surface area contributed by atoms with E-state index in [9.17, 15) is 23.2 Å². The van der Waals surface area contributed by atoms with Crippen LogP contribution < -0.4 is 15.4 Å². The van der Waals surface area contributed by atoms with Crippen molar-refractivity contribution in [3.05, 3.63) is 29.8 Å². The van der Waals surface area contributed by atoms with E-state index in [0.717, 1.165) is 0 Å². The number of nitrogens with zero attached hydrogens (tertiary/aromatic N) is 1. The molecule has 2 N–H and O–H groups in total. The van der Waals surface area contributed by atoms with Crippen LogP contribution in [0.25, 0.3) is 0 Å². The van der Waals surface area contributed by atoms with E-state index >= 15 is 0 Å². The van der Waals surface area contributed by atoms with Crippen molar-refractivity contribution in [1.82, 2.24) is 15.5 Å². The molecule has 3 amide bonds. The number of para-hydroxylation sites is 1. The summed E-state index contributed by atoms with van der Waals surface area (Å²) in [6, 6.07) is 4.90. The number of nitrogens with one attached hydrogen (secondary N) is 2. The Balaban J connectivity index is 2.13. The fraction of sp³-hybridized carbons (Fsp3) is 0.438. The summed E-state index contributed by atoms with van der Waals surface area (Å²) in [5, 5.41) is 4.84. The van der Waals surface area contributed by atoms with Crippen LogP contribution in [0.5, 0.6) is 5.75 Å². The van der Waals surface area contributed by atoms with Gasteiger partial charge in [-0.25, -0.2) is 0 Å². The summed E-state index contributed by atoms with van der Waals surface area (Å²) in [6.45, 7) is -2.93. The summed E-state index contributed by atoms with van der Waals surface area (Å²) < 4.78 is 29.4. The van der Waals surface area contributed by atoms with Crippen LogP contribution in [0, 0.1) is 0 Å². The quantitative estimate of drug-likeness (QED) is 0.789. The lowest BCUT2D eigenvalue weighted by Gasteiger charge is -2.24. The largest absolute Gasteiger partial charge is 0.434 e. The number of hydrogen-bond donors (Lipinski definition) is 2. The first-order chi connectivity index (χ1) is 11.9. The van der Waals surface area contributed by atoms with Gasteiger partial charge in [0.2, 0.25) is 11.8 Å². The number of ether oxygens (including phenoxy) is 1. The molecule has 1 aromatic carbocycles. The van der Waals surface area contributed by atoms with Crippen LogP contribution in [0.15, 0.2) is 24.3 Å². The van der Waals surface area contributed by atoms with Crippen LogP contribution >= 0.6 is 0 Å². The van der Waals surface area contributed by atoms with Crippen molar-refractivity contribution in [2.24, 2.45) is 0 Å². The maximum absolute atomic E-state index is 12.7. The Labute approximate surface area is 143 Å². The Morgan fingerprint density at radius 2 is 2.04 bits per heavy atom. The molecular weight excluding hydrogens is 336 g/mol. The Bertz CT molecular complexity index is 654.